The molecule has 0 saturated carbocycles. The van der Waals surface area contributed by atoms with Crippen LogP contribution in [0.4, 0.5) is 0 Å². The van der Waals surface area contributed by atoms with Gasteiger partial charge in [0, 0.05) is 0 Å². The normalized spacial score (nSPS) is 14.5. The van der Waals surface area contributed by atoms with E-state index in [1.54, 1.807) is 0 Å². The minimum absolute atomic E-state index is 0.485. The largest absolute Gasteiger partial charge is 0.480 e. The minimum atomic E-state index is -1.24. The zero-order valence-electron chi connectivity index (χ0n) is 11.8. The van der Waals surface area contributed by atoms with E-state index in [1.165, 1.54) is 13.8 Å². The molecule has 0 aromatic rings. The van der Waals surface area contributed by atoms with Gasteiger partial charge in [-0.05, 0) is 13.8 Å². The third-order valence-corrected chi connectivity index (χ3v) is 2.40. The van der Waals surface area contributed by atoms with Gasteiger partial charge < -0.3 is 31.9 Å². The Morgan fingerprint density at radius 2 is 1.67 bits per heavy atom. The molecular weight excluding hydrogens is 284 g/mol. The van der Waals surface area contributed by atoms with Crippen molar-refractivity contribution in [3.63, 3.8) is 0 Å². The van der Waals surface area contributed by atoms with Gasteiger partial charge in [-0.1, -0.05) is 0 Å². The number of hydrogen-bond acceptors (Lipinski definition) is 6. The highest BCUT2D eigenvalue weighted by molar-refractivity contribution is 5.92. The summed E-state index contributed by atoms with van der Waals surface area (Å²) >= 11 is 0. The van der Waals surface area contributed by atoms with E-state index in [4.69, 9.17) is 15.9 Å². The highest BCUT2D eigenvalue weighted by Crippen LogP contribution is 1.86. The number of nitrogens with two attached hydrogens (primary N) is 1. The smallest absolute Gasteiger partial charge is 0.325 e. The van der Waals surface area contributed by atoms with Crippen molar-refractivity contribution in [1.29, 1.82) is 0 Å². The highest BCUT2D eigenvalue weighted by atomic mass is 16.4. The zero-order chi connectivity index (χ0) is 16.6. The first-order chi connectivity index (χ1) is 9.68. The number of carboxylic acids is 1. The van der Waals surface area contributed by atoms with E-state index in [0.717, 1.165) is 0 Å². The third kappa shape index (κ3) is 7.22. The Labute approximate surface area is 121 Å². The van der Waals surface area contributed by atoms with Crippen molar-refractivity contribution in [1.82, 2.24) is 16.0 Å². The Morgan fingerprint density at radius 3 is 2.10 bits per heavy atom. The first-order valence-electron chi connectivity index (χ1n) is 6.15. The molecule has 3 amide bonds. The fourth-order valence-corrected chi connectivity index (χ4v) is 1.14. The van der Waals surface area contributed by atoms with Crippen molar-refractivity contribution in [2.45, 2.75) is 32.0 Å². The van der Waals surface area contributed by atoms with Gasteiger partial charge in [0.1, 0.15) is 12.1 Å². The molecule has 0 fully saturated rings. The first-order valence-corrected chi connectivity index (χ1v) is 6.15. The molecule has 0 spiro atoms. The molecule has 0 aliphatic carbocycles. The van der Waals surface area contributed by atoms with Crippen LogP contribution in [-0.4, -0.2) is 65.2 Å². The van der Waals surface area contributed by atoms with Crippen LogP contribution >= 0.6 is 0 Å². The summed E-state index contributed by atoms with van der Waals surface area (Å²) in [6, 6.07) is -3.19. The number of rotatable bonds is 8. The number of carbonyl (C=O) groups excluding carboxylic acids is 3. The summed E-state index contributed by atoms with van der Waals surface area (Å²) in [4.78, 5) is 44.8. The monoisotopic (exact) mass is 304 g/mol. The molecule has 10 heteroatoms. The van der Waals surface area contributed by atoms with Gasteiger partial charge in [0.25, 0.3) is 0 Å². The van der Waals surface area contributed by atoms with Gasteiger partial charge in [-0.3, -0.25) is 19.2 Å². The van der Waals surface area contributed by atoms with Crippen molar-refractivity contribution in [3.05, 3.63) is 0 Å². The number of hydrogen-bond donors (Lipinski definition) is 6. The van der Waals surface area contributed by atoms with E-state index in [2.05, 4.69) is 16.0 Å². The second-order valence-electron chi connectivity index (χ2n) is 4.38. The Balaban J connectivity index is 4.30. The fourth-order valence-electron chi connectivity index (χ4n) is 1.14. The lowest BCUT2D eigenvalue weighted by atomic mass is 10.2. The molecule has 0 rings (SSSR count). The lowest BCUT2D eigenvalue weighted by molar-refractivity contribution is -0.141. The Bertz CT molecular complexity index is 412. The fraction of sp³-hybridized carbons (Fsp3) is 0.636. The van der Waals surface area contributed by atoms with Gasteiger partial charge in [0.2, 0.25) is 17.7 Å². The number of carbonyl (C=O) groups is 4. The van der Waals surface area contributed by atoms with Gasteiger partial charge >= 0.3 is 5.97 Å². The molecule has 0 saturated heterocycles. The molecule has 3 atom stereocenters. The second kappa shape index (κ2) is 8.87. The number of aliphatic hydroxyl groups excluding tert-OH is 1. The average molecular weight is 304 g/mol. The summed E-state index contributed by atoms with van der Waals surface area (Å²) in [5, 5.41) is 24.1. The summed E-state index contributed by atoms with van der Waals surface area (Å²) in [6.45, 7) is 1.52. The SMILES string of the molecule is CC(N)C(=O)NC(CO)C(=O)NCC(=O)NC(C)C(=O)O. The molecule has 0 aromatic carbocycles. The third-order valence-electron chi connectivity index (χ3n) is 2.40. The molecule has 0 radical (unpaired) electrons. The molecule has 3 unspecified atom stereocenters. The Kier molecular flexibility index (Phi) is 7.94. The van der Waals surface area contributed by atoms with Crippen molar-refractivity contribution >= 4 is 23.7 Å². The van der Waals surface area contributed by atoms with E-state index in [0.29, 0.717) is 0 Å². The van der Waals surface area contributed by atoms with Crippen LogP contribution in [0, 0.1) is 0 Å². The van der Waals surface area contributed by atoms with Gasteiger partial charge in [-0.25, -0.2) is 0 Å². The molecule has 21 heavy (non-hydrogen) atoms. The van der Waals surface area contributed by atoms with Crippen LogP contribution < -0.4 is 21.7 Å². The summed E-state index contributed by atoms with van der Waals surface area (Å²) in [5.74, 6) is -3.35. The van der Waals surface area contributed by atoms with Crippen LogP contribution in [0.1, 0.15) is 13.8 Å². The van der Waals surface area contributed by atoms with E-state index in [-0.39, 0.29) is 0 Å². The van der Waals surface area contributed by atoms with E-state index < -0.39 is 55.0 Å². The van der Waals surface area contributed by atoms with Gasteiger partial charge in [0.15, 0.2) is 0 Å². The van der Waals surface area contributed by atoms with Crippen LogP contribution in [0.25, 0.3) is 0 Å². The lowest BCUT2D eigenvalue weighted by Crippen LogP contribution is -2.54. The van der Waals surface area contributed by atoms with E-state index in [9.17, 15) is 19.2 Å². The Morgan fingerprint density at radius 1 is 1.10 bits per heavy atom. The molecule has 120 valence electrons. The number of aliphatic carboxylic acids is 1. The van der Waals surface area contributed by atoms with Crippen molar-refractivity contribution in [2.24, 2.45) is 5.73 Å². The second-order valence-corrected chi connectivity index (χ2v) is 4.38. The van der Waals surface area contributed by atoms with E-state index >= 15 is 0 Å². The van der Waals surface area contributed by atoms with Gasteiger partial charge in [-0.2, -0.15) is 0 Å². The topological polar surface area (TPSA) is 171 Å². The molecule has 0 aliphatic heterocycles. The van der Waals surface area contributed by atoms with E-state index in [1.807, 2.05) is 0 Å². The molecule has 10 nitrogen and oxygen atoms in total. The summed E-state index contributed by atoms with van der Waals surface area (Å²) in [5.41, 5.74) is 5.30. The number of carboxylic acid groups (broad SMARTS) is 1. The maximum Gasteiger partial charge on any atom is 0.325 e. The number of nitrogens with one attached hydrogen (secondary N) is 3. The molecule has 0 aliphatic rings. The van der Waals surface area contributed by atoms with Crippen LogP contribution in [0.15, 0.2) is 0 Å². The number of amides is 3. The number of aliphatic hydroxyl groups is 1. The maximum absolute atomic E-state index is 11.6. The average Bonchev–Trinajstić information content (AvgIpc) is 2.41. The molecule has 0 aromatic heterocycles. The molecule has 7 N–H and O–H groups in total. The van der Waals surface area contributed by atoms with Gasteiger partial charge in [-0.15, -0.1) is 0 Å². The summed E-state index contributed by atoms with van der Waals surface area (Å²) in [6.07, 6.45) is 0. The van der Waals surface area contributed by atoms with Crippen molar-refractivity contribution in [2.75, 3.05) is 13.2 Å². The first kappa shape index (κ1) is 18.8. The van der Waals surface area contributed by atoms with Crippen LogP contribution in [-0.2, 0) is 19.2 Å². The quantitative estimate of drug-likeness (QED) is 0.270. The van der Waals surface area contributed by atoms with Crippen LogP contribution in [0.5, 0.6) is 0 Å². The van der Waals surface area contributed by atoms with Crippen molar-refractivity contribution in [3.8, 4) is 0 Å². The summed E-state index contributed by atoms with van der Waals surface area (Å²) in [7, 11) is 0. The minimum Gasteiger partial charge on any atom is -0.480 e. The zero-order valence-corrected chi connectivity index (χ0v) is 11.8. The molecular formula is C11H20N4O6. The molecule has 0 heterocycles. The predicted molar refractivity (Wildman–Crippen MR) is 70.9 cm³/mol. The highest BCUT2D eigenvalue weighted by Gasteiger charge is 2.22. The van der Waals surface area contributed by atoms with Gasteiger partial charge in [0.05, 0.1) is 19.2 Å². The summed E-state index contributed by atoms with van der Waals surface area (Å²) < 4.78 is 0. The standard InChI is InChI=1S/C11H20N4O6/c1-5(12)9(18)15-7(4-16)10(19)13-3-8(17)14-6(2)11(20)21/h5-7,16H,3-4,12H2,1-2H3,(H,13,19)(H,14,17)(H,15,18)(H,20,21). The molecule has 0 bridgehead atoms. The van der Waals surface area contributed by atoms with Crippen molar-refractivity contribution < 1.29 is 29.4 Å². The lowest BCUT2D eigenvalue weighted by Gasteiger charge is -2.17. The Hall–Kier alpha value is -2.20. The van der Waals surface area contributed by atoms with Crippen LogP contribution in [0.3, 0.4) is 0 Å². The predicted octanol–water partition coefficient (Wildman–Crippen LogP) is -3.48. The maximum atomic E-state index is 11.6. The van der Waals surface area contributed by atoms with Crippen LogP contribution in [0.2, 0.25) is 0 Å².